The minimum Gasteiger partial charge on any atom is -0.493 e. The second-order valence-electron chi connectivity index (χ2n) is 3.27. The number of ether oxygens (including phenoxy) is 2. The lowest BCUT2D eigenvalue weighted by molar-refractivity contribution is 0.228. The van der Waals surface area contributed by atoms with Crippen LogP contribution in [0, 0.1) is 14.9 Å². The summed E-state index contributed by atoms with van der Waals surface area (Å²) in [6.07, 6.45) is 0.0837. The van der Waals surface area contributed by atoms with Gasteiger partial charge in [-0.3, -0.25) is 0 Å². The first-order chi connectivity index (χ1) is 7.08. The first kappa shape index (κ1) is 12.1. The summed E-state index contributed by atoms with van der Waals surface area (Å²) in [5.74, 6) is 1.30. The molecule has 0 saturated heterocycles. The van der Waals surface area contributed by atoms with Crippen LogP contribution in [-0.4, -0.2) is 13.2 Å². The molecule has 3 nitrogen and oxygen atoms in total. The first-order valence-corrected chi connectivity index (χ1v) is 5.60. The number of nitriles is 1. The average molecular weight is 317 g/mol. The second-order valence-corrected chi connectivity index (χ2v) is 4.43. The molecule has 4 heteroatoms. The van der Waals surface area contributed by atoms with E-state index in [1.165, 1.54) is 0 Å². The highest BCUT2D eigenvalue weighted by atomic mass is 127. The molecule has 80 valence electrons. The van der Waals surface area contributed by atoms with E-state index in [0.29, 0.717) is 17.1 Å². The monoisotopic (exact) mass is 317 g/mol. The van der Waals surface area contributed by atoms with E-state index in [1.807, 2.05) is 13.8 Å². The molecule has 0 heterocycles. The van der Waals surface area contributed by atoms with Gasteiger partial charge in [-0.2, -0.15) is 5.26 Å². The van der Waals surface area contributed by atoms with Gasteiger partial charge < -0.3 is 9.47 Å². The maximum absolute atomic E-state index is 8.81. The van der Waals surface area contributed by atoms with E-state index in [1.54, 1.807) is 19.2 Å². The minimum absolute atomic E-state index is 0.0837. The van der Waals surface area contributed by atoms with Crippen molar-refractivity contribution in [1.82, 2.24) is 0 Å². The summed E-state index contributed by atoms with van der Waals surface area (Å²) >= 11 is 2.14. The normalized spacial score (nSPS) is 9.87. The van der Waals surface area contributed by atoms with Crippen molar-refractivity contribution in [2.24, 2.45) is 0 Å². The molecule has 15 heavy (non-hydrogen) atoms. The Hall–Kier alpha value is -0.960. The van der Waals surface area contributed by atoms with Crippen LogP contribution in [0.25, 0.3) is 0 Å². The van der Waals surface area contributed by atoms with Gasteiger partial charge in [0.1, 0.15) is 0 Å². The third kappa shape index (κ3) is 2.99. The Labute approximate surface area is 103 Å². The lowest BCUT2D eigenvalue weighted by atomic mass is 10.2. The van der Waals surface area contributed by atoms with Crippen LogP contribution in [0.4, 0.5) is 0 Å². The predicted octanol–water partition coefficient (Wildman–Crippen LogP) is 2.96. The van der Waals surface area contributed by atoms with Crippen LogP contribution in [0.5, 0.6) is 11.5 Å². The molecule has 0 saturated carbocycles. The Morgan fingerprint density at radius 3 is 2.53 bits per heavy atom. The van der Waals surface area contributed by atoms with E-state index in [-0.39, 0.29) is 6.10 Å². The fraction of sp³-hybridized carbons (Fsp3) is 0.364. The quantitative estimate of drug-likeness (QED) is 0.805. The van der Waals surface area contributed by atoms with Crippen molar-refractivity contribution in [3.05, 3.63) is 21.3 Å². The van der Waals surface area contributed by atoms with Gasteiger partial charge in [-0.1, -0.05) is 0 Å². The molecular weight excluding hydrogens is 305 g/mol. The highest BCUT2D eigenvalue weighted by Crippen LogP contribution is 2.34. The molecular formula is C11H12INO2. The molecule has 1 rings (SSSR count). The Morgan fingerprint density at radius 1 is 1.40 bits per heavy atom. The van der Waals surface area contributed by atoms with E-state index in [0.717, 1.165) is 3.57 Å². The molecule has 0 spiro atoms. The minimum atomic E-state index is 0.0837. The average Bonchev–Trinajstić information content (AvgIpc) is 2.20. The topological polar surface area (TPSA) is 42.2 Å². The summed E-state index contributed by atoms with van der Waals surface area (Å²) in [5, 5.41) is 8.81. The summed E-state index contributed by atoms with van der Waals surface area (Å²) in [5.41, 5.74) is 0.576. The lowest BCUT2D eigenvalue weighted by Crippen LogP contribution is -2.08. The van der Waals surface area contributed by atoms with E-state index in [2.05, 4.69) is 28.7 Å². The molecule has 1 aromatic rings. The van der Waals surface area contributed by atoms with Crippen LogP contribution in [0.2, 0.25) is 0 Å². The Morgan fingerprint density at radius 2 is 2.07 bits per heavy atom. The second kappa shape index (κ2) is 5.21. The van der Waals surface area contributed by atoms with Crippen molar-refractivity contribution in [2.45, 2.75) is 20.0 Å². The van der Waals surface area contributed by atoms with Crippen molar-refractivity contribution in [3.8, 4) is 17.6 Å². The number of methoxy groups -OCH3 is 1. The molecule has 0 N–H and O–H groups in total. The summed E-state index contributed by atoms with van der Waals surface area (Å²) in [4.78, 5) is 0. The van der Waals surface area contributed by atoms with Crippen molar-refractivity contribution in [3.63, 3.8) is 0 Å². The largest absolute Gasteiger partial charge is 0.493 e. The molecule has 1 aromatic carbocycles. The zero-order valence-electron chi connectivity index (χ0n) is 8.87. The number of halogens is 1. The maximum atomic E-state index is 8.81. The van der Waals surface area contributed by atoms with E-state index >= 15 is 0 Å². The van der Waals surface area contributed by atoms with Gasteiger partial charge in [-0.15, -0.1) is 0 Å². The summed E-state index contributed by atoms with van der Waals surface area (Å²) in [6.45, 7) is 3.90. The molecule has 0 bridgehead atoms. The Balaban J connectivity index is 3.20. The van der Waals surface area contributed by atoms with Crippen LogP contribution < -0.4 is 9.47 Å². The van der Waals surface area contributed by atoms with Crippen molar-refractivity contribution in [1.29, 1.82) is 5.26 Å². The van der Waals surface area contributed by atoms with Crippen LogP contribution >= 0.6 is 22.6 Å². The highest BCUT2D eigenvalue weighted by molar-refractivity contribution is 14.1. The highest BCUT2D eigenvalue weighted by Gasteiger charge is 2.12. The molecule has 0 aromatic heterocycles. The molecule has 0 aliphatic rings. The van der Waals surface area contributed by atoms with Crippen molar-refractivity contribution < 1.29 is 9.47 Å². The van der Waals surface area contributed by atoms with Crippen LogP contribution in [0.15, 0.2) is 12.1 Å². The molecule has 0 fully saturated rings. The fourth-order valence-electron chi connectivity index (χ4n) is 1.13. The summed E-state index contributed by atoms with van der Waals surface area (Å²) in [6, 6.07) is 5.54. The van der Waals surface area contributed by atoms with Gasteiger partial charge in [-0.05, 0) is 42.5 Å². The lowest BCUT2D eigenvalue weighted by Gasteiger charge is -2.15. The maximum Gasteiger partial charge on any atom is 0.174 e. The predicted molar refractivity (Wildman–Crippen MR) is 66.2 cm³/mol. The number of rotatable bonds is 3. The molecule has 0 radical (unpaired) electrons. The van der Waals surface area contributed by atoms with Gasteiger partial charge in [0.15, 0.2) is 11.5 Å². The van der Waals surface area contributed by atoms with E-state index < -0.39 is 0 Å². The Bertz CT molecular complexity index is 396. The third-order valence-corrected chi connectivity index (χ3v) is 2.51. The van der Waals surface area contributed by atoms with Crippen LogP contribution in [-0.2, 0) is 0 Å². The summed E-state index contributed by atoms with van der Waals surface area (Å²) < 4.78 is 11.7. The van der Waals surface area contributed by atoms with Crippen LogP contribution in [0.3, 0.4) is 0 Å². The number of hydrogen-bond donors (Lipinski definition) is 0. The molecule has 0 aliphatic carbocycles. The molecule has 0 atom stereocenters. The van der Waals surface area contributed by atoms with Gasteiger partial charge in [0, 0.05) is 6.07 Å². The number of nitrogens with zero attached hydrogens (tertiary/aromatic N) is 1. The molecule has 0 unspecified atom stereocenters. The van der Waals surface area contributed by atoms with Gasteiger partial charge in [-0.25, -0.2) is 0 Å². The van der Waals surface area contributed by atoms with Gasteiger partial charge >= 0.3 is 0 Å². The fourth-order valence-corrected chi connectivity index (χ4v) is 1.86. The van der Waals surface area contributed by atoms with E-state index in [9.17, 15) is 0 Å². The summed E-state index contributed by atoms with van der Waals surface area (Å²) in [7, 11) is 1.57. The van der Waals surface area contributed by atoms with Gasteiger partial charge in [0.05, 0.1) is 28.4 Å². The molecule has 0 amide bonds. The smallest absolute Gasteiger partial charge is 0.174 e. The van der Waals surface area contributed by atoms with Gasteiger partial charge in [0.2, 0.25) is 0 Å². The number of hydrogen-bond acceptors (Lipinski definition) is 3. The number of benzene rings is 1. The van der Waals surface area contributed by atoms with Crippen LogP contribution in [0.1, 0.15) is 19.4 Å². The zero-order chi connectivity index (χ0) is 11.4. The third-order valence-electron chi connectivity index (χ3n) is 1.71. The van der Waals surface area contributed by atoms with Gasteiger partial charge in [0.25, 0.3) is 0 Å². The Kier molecular flexibility index (Phi) is 4.21. The zero-order valence-corrected chi connectivity index (χ0v) is 11.0. The first-order valence-electron chi connectivity index (χ1n) is 4.52. The van der Waals surface area contributed by atoms with Crippen molar-refractivity contribution >= 4 is 22.6 Å². The van der Waals surface area contributed by atoms with E-state index in [4.69, 9.17) is 14.7 Å². The standard InChI is InChI=1S/C11H12INO2/c1-7(2)15-11-9(12)4-8(6-13)5-10(11)14-3/h4-5,7H,1-3H3. The molecule has 0 aliphatic heterocycles. The SMILES string of the molecule is COc1cc(C#N)cc(I)c1OC(C)C. The van der Waals surface area contributed by atoms with Crippen molar-refractivity contribution in [2.75, 3.05) is 7.11 Å².